The molecule has 3 amide bonds. The number of hydrogen-bond donors (Lipinski definition) is 2. The summed E-state index contributed by atoms with van der Waals surface area (Å²) in [6.45, 7) is -0.419. The van der Waals surface area contributed by atoms with Crippen LogP contribution in [-0.4, -0.2) is 47.8 Å². The molecule has 2 N–H and O–H groups in total. The summed E-state index contributed by atoms with van der Waals surface area (Å²) in [5.74, 6) is -0.370. The first-order valence-corrected chi connectivity index (χ1v) is 9.30. The summed E-state index contributed by atoms with van der Waals surface area (Å²) >= 11 is 0.702. The third-order valence-electron chi connectivity index (χ3n) is 4.09. The Balaban J connectivity index is 1.71. The van der Waals surface area contributed by atoms with Crippen LogP contribution in [0.3, 0.4) is 0 Å². The van der Waals surface area contributed by atoms with Crippen molar-refractivity contribution in [3.05, 3.63) is 52.9 Å². The van der Waals surface area contributed by atoms with E-state index in [2.05, 4.69) is 5.32 Å². The van der Waals surface area contributed by atoms with Gasteiger partial charge in [0.1, 0.15) is 12.3 Å². The van der Waals surface area contributed by atoms with Crippen molar-refractivity contribution in [2.24, 2.45) is 0 Å². The van der Waals surface area contributed by atoms with Crippen molar-refractivity contribution >= 4 is 40.6 Å². The molecule has 0 bridgehead atoms. The van der Waals surface area contributed by atoms with Gasteiger partial charge in [-0.1, -0.05) is 12.1 Å². The number of methoxy groups -OCH3 is 2. The van der Waals surface area contributed by atoms with Crippen LogP contribution in [0, 0.1) is 0 Å². The predicted octanol–water partition coefficient (Wildman–Crippen LogP) is 3.08. The van der Waals surface area contributed by atoms with E-state index in [1.807, 2.05) is 0 Å². The number of thioether (sulfide) groups is 1. The number of aromatic hydroxyl groups is 1. The van der Waals surface area contributed by atoms with Crippen LogP contribution in [0.1, 0.15) is 5.56 Å². The molecule has 3 rings (SSSR count). The fourth-order valence-electron chi connectivity index (χ4n) is 2.62. The van der Waals surface area contributed by atoms with Gasteiger partial charge in [0.2, 0.25) is 5.91 Å². The van der Waals surface area contributed by atoms with E-state index in [1.165, 1.54) is 20.3 Å². The number of rotatable bonds is 6. The Morgan fingerprint density at radius 3 is 2.52 bits per heavy atom. The van der Waals surface area contributed by atoms with Gasteiger partial charge in [-0.15, -0.1) is 0 Å². The van der Waals surface area contributed by atoms with Crippen molar-refractivity contribution < 1.29 is 29.0 Å². The van der Waals surface area contributed by atoms with Gasteiger partial charge in [0, 0.05) is 11.3 Å². The number of nitrogens with one attached hydrogen (secondary N) is 1. The zero-order chi connectivity index (χ0) is 21.0. The molecule has 2 aromatic rings. The minimum Gasteiger partial charge on any atom is -0.504 e. The fraction of sp³-hybridized carbons (Fsp3) is 0.150. The van der Waals surface area contributed by atoms with E-state index in [-0.39, 0.29) is 16.4 Å². The van der Waals surface area contributed by atoms with E-state index < -0.39 is 23.6 Å². The van der Waals surface area contributed by atoms with Gasteiger partial charge in [-0.05, 0) is 48.2 Å². The molecule has 1 aliphatic rings. The number of phenolic OH excluding ortho intramolecular Hbond substituents is 1. The van der Waals surface area contributed by atoms with Crippen molar-refractivity contribution in [2.45, 2.75) is 0 Å². The largest absolute Gasteiger partial charge is 0.504 e. The quantitative estimate of drug-likeness (QED) is 0.700. The molecule has 0 spiro atoms. The molecule has 0 saturated carbocycles. The molecular formula is C20H18N2O6S. The van der Waals surface area contributed by atoms with Crippen LogP contribution >= 0.6 is 11.8 Å². The highest BCUT2D eigenvalue weighted by Gasteiger charge is 2.36. The number of imide groups is 1. The van der Waals surface area contributed by atoms with Crippen LogP contribution in [0.4, 0.5) is 10.5 Å². The van der Waals surface area contributed by atoms with Gasteiger partial charge >= 0.3 is 0 Å². The number of para-hydroxylation sites is 1. The molecule has 0 atom stereocenters. The molecule has 1 saturated heterocycles. The summed E-state index contributed by atoms with van der Waals surface area (Å²) in [5, 5.41) is 12.2. The average Bonchev–Trinajstić information content (AvgIpc) is 2.97. The summed E-state index contributed by atoms with van der Waals surface area (Å²) in [6, 6.07) is 11.5. The lowest BCUT2D eigenvalue weighted by atomic mass is 10.1. The Labute approximate surface area is 171 Å². The second-order valence-electron chi connectivity index (χ2n) is 5.94. The normalized spacial score (nSPS) is 15.0. The predicted molar refractivity (Wildman–Crippen MR) is 109 cm³/mol. The number of anilines is 1. The maximum absolute atomic E-state index is 12.6. The lowest BCUT2D eigenvalue weighted by molar-refractivity contribution is -0.127. The minimum absolute atomic E-state index is 0.107. The first kappa shape index (κ1) is 20.3. The van der Waals surface area contributed by atoms with Gasteiger partial charge < -0.3 is 19.9 Å². The molecule has 0 aromatic heterocycles. The molecule has 9 heteroatoms. The monoisotopic (exact) mass is 414 g/mol. The SMILES string of the molecule is COc1ccc(NC(=O)CN2C(=O)S/C(=C\c3cccc(OC)c3O)C2=O)cc1. The van der Waals surface area contributed by atoms with Crippen LogP contribution < -0.4 is 14.8 Å². The van der Waals surface area contributed by atoms with E-state index in [0.717, 1.165) is 4.90 Å². The lowest BCUT2D eigenvalue weighted by Crippen LogP contribution is -2.36. The number of amides is 3. The number of nitrogens with zero attached hydrogens (tertiary/aromatic N) is 1. The average molecular weight is 414 g/mol. The molecule has 1 aliphatic heterocycles. The summed E-state index contributed by atoms with van der Waals surface area (Å²) in [4.78, 5) is 38.0. The first-order chi connectivity index (χ1) is 13.9. The van der Waals surface area contributed by atoms with Crippen LogP contribution in [0.25, 0.3) is 6.08 Å². The number of benzene rings is 2. The molecule has 0 radical (unpaired) electrons. The zero-order valence-electron chi connectivity index (χ0n) is 15.7. The van der Waals surface area contributed by atoms with Crippen LogP contribution in [-0.2, 0) is 9.59 Å². The van der Waals surface area contributed by atoms with Crippen LogP contribution in [0.2, 0.25) is 0 Å². The van der Waals surface area contributed by atoms with Crippen molar-refractivity contribution in [1.29, 1.82) is 0 Å². The van der Waals surface area contributed by atoms with E-state index >= 15 is 0 Å². The number of carbonyl (C=O) groups is 3. The summed E-state index contributed by atoms with van der Waals surface area (Å²) in [7, 11) is 2.94. The van der Waals surface area contributed by atoms with Gasteiger partial charge in [-0.25, -0.2) is 0 Å². The van der Waals surface area contributed by atoms with Gasteiger partial charge in [-0.2, -0.15) is 0 Å². The number of hydrogen-bond acceptors (Lipinski definition) is 7. The van der Waals surface area contributed by atoms with Gasteiger partial charge in [-0.3, -0.25) is 19.3 Å². The van der Waals surface area contributed by atoms with Crippen molar-refractivity contribution in [2.75, 3.05) is 26.1 Å². The van der Waals surface area contributed by atoms with E-state index in [4.69, 9.17) is 9.47 Å². The molecule has 8 nitrogen and oxygen atoms in total. The highest BCUT2D eigenvalue weighted by Crippen LogP contribution is 2.36. The first-order valence-electron chi connectivity index (χ1n) is 8.48. The molecule has 1 heterocycles. The molecule has 0 unspecified atom stereocenters. The minimum atomic E-state index is -0.605. The molecular weight excluding hydrogens is 396 g/mol. The van der Waals surface area contributed by atoms with Crippen molar-refractivity contribution in [3.63, 3.8) is 0 Å². The second kappa shape index (κ2) is 8.70. The number of phenols is 1. The van der Waals surface area contributed by atoms with Crippen molar-refractivity contribution in [1.82, 2.24) is 4.90 Å². The Bertz CT molecular complexity index is 987. The number of carbonyl (C=O) groups excluding carboxylic acids is 3. The molecule has 150 valence electrons. The Morgan fingerprint density at radius 1 is 1.14 bits per heavy atom. The van der Waals surface area contributed by atoms with Gasteiger partial charge in [0.05, 0.1) is 19.1 Å². The summed E-state index contributed by atoms with van der Waals surface area (Å²) in [6.07, 6.45) is 1.39. The molecule has 0 aliphatic carbocycles. The molecule has 1 fully saturated rings. The standard InChI is InChI=1S/C20H18N2O6S/c1-27-14-8-6-13(7-9-14)21-17(23)11-22-19(25)16(29-20(22)26)10-12-4-3-5-15(28-2)18(12)24/h3-10,24H,11H2,1-2H3,(H,21,23)/b16-10-. The maximum Gasteiger partial charge on any atom is 0.294 e. The van der Waals surface area contributed by atoms with Gasteiger partial charge in [0.15, 0.2) is 11.5 Å². The maximum atomic E-state index is 12.6. The Hall–Kier alpha value is -3.46. The van der Waals surface area contributed by atoms with E-state index in [0.29, 0.717) is 28.8 Å². The van der Waals surface area contributed by atoms with E-state index in [9.17, 15) is 19.5 Å². The van der Waals surface area contributed by atoms with Crippen LogP contribution in [0.15, 0.2) is 47.4 Å². The topological polar surface area (TPSA) is 105 Å². The zero-order valence-corrected chi connectivity index (χ0v) is 16.5. The highest BCUT2D eigenvalue weighted by molar-refractivity contribution is 8.18. The number of ether oxygens (including phenoxy) is 2. The Kier molecular flexibility index (Phi) is 6.08. The summed E-state index contributed by atoms with van der Waals surface area (Å²) < 4.78 is 10.1. The smallest absolute Gasteiger partial charge is 0.294 e. The lowest BCUT2D eigenvalue weighted by Gasteiger charge is -2.12. The Morgan fingerprint density at radius 2 is 1.86 bits per heavy atom. The second-order valence-corrected chi connectivity index (χ2v) is 6.94. The van der Waals surface area contributed by atoms with Crippen molar-refractivity contribution in [3.8, 4) is 17.2 Å². The molecule has 2 aromatic carbocycles. The third-order valence-corrected chi connectivity index (χ3v) is 4.99. The highest BCUT2D eigenvalue weighted by atomic mass is 32.2. The summed E-state index contributed by atoms with van der Waals surface area (Å²) in [5.41, 5.74) is 0.845. The van der Waals surface area contributed by atoms with E-state index in [1.54, 1.807) is 42.5 Å². The van der Waals surface area contributed by atoms with Crippen LogP contribution in [0.5, 0.6) is 17.2 Å². The third kappa shape index (κ3) is 4.52. The van der Waals surface area contributed by atoms with Gasteiger partial charge in [0.25, 0.3) is 11.1 Å². The molecule has 29 heavy (non-hydrogen) atoms. The fourth-order valence-corrected chi connectivity index (χ4v) is 3.45.